The molecule has 0 radical (unpaired) electrons. The van der Waals surface area contributed by atoms with E-state index in [2.05, 4.69) is 5.10 Å². The molecule has 0 aliphatic rings. The van der Waals surface area contributed by atoms with Crippen LogP contribution in [-0.4, -0.2) is 15.6 Å². The summed E-state index contributed by atoms with van der Waals surface area (Å²) in [5, 5.41) is 4.20. The van der Waals surface area contributed by atoms with Gasteiger partial charge in [0, 0.05) is 13.2 Å². The van der Waals surface area contributed by atoms with Crippen molar-refractivity contribution in [2.75, 3.05) is 0 Å². The fourth-order valence-electron chi connectivity index (χ4n) is 1.57. The number of hydrogen-bond acceptors (Lipinski definition) is 2. The van der Waals surface area contributed by atoms with Crippen LogP contribution in [0.3, 0.4) is 0 Å². The van der Waals surface area contributed by atoms with Gasteiger partial charge in [-0.1, -0.05) is 17.7 Å². The van der Waals surface area contributed by atoms with Crippen LogP contribution in [0.2, 0.25) is 5.02 Å². The number of Topliss-reactive ketones (excluding diaryl/α,β-unsaturated/α-hetero) is 1. The minimum Gasteiger partial charge on any atom is -0.294 e. The molecule has 1 aromatic carbocycles. The lowest BCUT2D eigenvalue weighted by molar-refractivity contribution is 0.0988. The molecule has 0 unspecified atom stereocenters. The summed E-state index contributed by atoms with van der Waals surface area (Å²) in [5.74, 6) is -0.967. The first-order chi connectivity index (χ1) is 8.08. The number of nitrogens with zero attached hydrogens (tertiary/aromatic N) is 2. The monoisotopic (exact) mass is 252 g/mol. The smallest absolute Gasteiger partial charge is 0.173 e. The number of benzene rings is 1. The van der Waals surface area contributed by atoms with E-state index in [9.17, 15) is 9.18 Å². The molecule has 0 amide bonds. The Labute approximate surface area is 103 Å². The second-order valence-corrected chi connectivity index (χ2v) is 4.08. The number of carbonyl (C=O) groups excluding carboxylic acids is 1. The summed E-state index contributed by atoms with van der Waals surface area (Å²) in [4.78, 5) is 11.9. The van der Waals surface area contributed by atoms with Gasteiger partial charge >= 0.3 is 0 Å². The van der Waals surface area contributed by atoms with Crippen molar-refractivity contribution in [1.29, 1.82) is 0 Å². The van der Waals surface area contributed by atoms with Crippen LogP contribution in [-0.2, 0) is 13.5 Å². The molecule has 1 heterocycles. The highest BCUT2D eigenvalue weighted by Crippen LogP contribution is 2.20. The lowest BCUT2D eigenvalue weighted by Crippen LogP contribution is -2.08. The van der Waals surface area contributed by atoms with Crippen molar-refractivity contribution in [1.82, 2.24) is 9.78 Å². The Balaban J connectivity index is 2.26. The van der Waals surface area contributed by atoms with Crippen LogP contribution >= 0.6 is 11.6 Å². The molecule has 0 spiro atoms. The fourth-order valence-corrected chi connectivity index (χ4v) is 1.84. The van der Waals surface area contributed by atoms with Crippen LogP contribution in [0.4, 0.5) is 4.39 Å². The highest BCUT2D eigenvalue weighted by molar-refractivity contribution is 6.34. The van der Waals surface area contributed by atoms with E-state index in [1.807, 2.05) is 0 Å². The van der Waals surface area contributed by atoms with E-state index in [1.54, 1.807) is 24.0 Å². The number of hydrogen-bond donors (Lipinski definition) is 0. The van der Waals surface area contributed by atoms with E-state index in [4.69, 9.17) is 11.6 Å². The zero-order valence-electron chi connectivity index (χ0n) is 9.15. The molecule has 0 bridgehead atoms. The minimum atomic E-state index is -0.599. The summed E-state index contributed by atoms with van der Waals surface area (Å²) in [6.45, 7) is 0. The Morgan fingerprint density at radius 1 is 1.47 bits per heavy atom. The molecule has 0 saturated carbocycles. The van der Waals surface area contributed by atoms with E-state index in [1.165, 1.54) is 18.2 Å². The van der Waals surface area contributed by atoms with Gasteiger partial charge in [-0.2, -0.15) is 5.10 Å². The van der Waals surface area contributed by atoms with Crippen molar-refractivity contribution in [3.05, 3.63) is 52.6 Å². The molecule has 2 aromatic rings. The zero-order chi connectivity index (χ0) is 12.4. The molecule has 17 heavy (non-hydrogen) atoms. The van der Waals surface area contributed by atoms with Gasteiger partial charge in [0.2, 0.25) is 0 Å². The minimum absolute atomic E-state index is 0.0431. The molecule has 1 aromatic heterocycles. The third-order valence-corrected chi connectivity index (χ3v) is 2.67. The second-order valence-electron chi connectivity index (χ2n) is 3.68. The number of rotatable bonds is 3. The molecule has 0 saturated heterocycles. The van der Waals surface area contributed by atoms with Crippen molar-refractivity contribution in [2.24, 2.45) is 7.05 Å². The first kappa shape index (κ1) is 11.8. The predicted molar refractivity (Wildman–Crippen MR) is 62.7 cm³/mol. The summed E-state index contributed by atoms with van der Waals surface area (Å²) in [7, 11) is 1.75. The van der Waals surface area contributed by atoms with Crippen molar-refractivity contribution in [2.45, 2.75) is 6.42 Å². The lowest BCUT2D eigenvalue weighted by atomic mass is 10.1. The Hall–Kier alpha value is -1.68. The Kier molecular flexibility index (Phi) is 3.24. The van der Waals surface area contributed by atoms with Gasteiger partial charge in [0.1, 0.15) is 5.82 Å². The molecule has 0 N–H and O–H groups in total. The summed E-state index contributed by atoms with van der Waals surface area (Å²) >= 11 is 5.81. The zero-order valence-corrected chi connectivity index (χ0v) is 9.91. The van der Waals surface area contributed by atoms with Crippen LogP contribution in [0.5, 0.6) is 0 Å². The van der Waals surface area contributed by atoms with Crippen molar-refractivity contribution in [3.63, 3.8) is 0 Å². The summed E-state index contributed by atoms with van der Waals surface area (Å²) in [5.41, 5.74) is 0.525. The normalized spacial score (nSPS) is 10.5. The van der Waals surface area contributed by atoms with Crippen LogP contribution in [0.1, 0.15) is 16.1 Å². The molecule has 0 fully saturated rings. The van der Waals surface area contributed by atoms with Gasteiger partial charge in [-0.3, -0.25) is 9.48 Å². The highest BCUT2D eigenvalue weighted by Gasteiger charge is 2.16. The van der Waals surface area contributed by atoms with E-state index in [0.29, 0.717) is 5.69 Å². The second kappa shape index (κ2) is 4.67. The van der Waals surface area contributed by atoms with Gasteiger partial charge in [-0.15, -0.1) is 0 Å². The van der Waals surface area contributed by atoms with E-state index in [-0.39, 0.29) is 22.8 Å². The van der Waals surface area contributed by atoms with Gasteiger partial charge in [-0.25, -0.2) is 4.39 Å². The first-order valence-electron chi connectivity index (χ1n) is 5.03. The van der Waals surface area contributed by atoms with E-state index >= 15 is 0 Å². The topological polar surface area (TPSA) is 34.9 Å². The summed E-state index contributed by atoms with van der Waals surface area (Å²) in [6.07, 6.45) is 1.77. The maximum Gasteiger partial charge on any atom is 0.173 e. The molecular formula is C12H10ClFN2O. The fraction of sp³-hybridized carbons (Fsp3) is 0.167. The van der Waals surface area contributed by atoms with Crippen molar-refractivity contribution < 1.29 is 9.18 Å². The first-order valence-corrected chi connectivity index (χ1v) is 5.41. The number of carbonyl (C=O) groups is 1. The summed E-state index contributed by atoms with van der Waals surface area (Å²) < 4.78 is 15.1. The maximum atomic E-state index is 13.5. The Bertz CT molecular complexity index is 545. The Morgan fingerprint density at radius 2 is 2.24 bits per heavy atom. The van der Waals surface area contributed by atoms with Crippen LogP contribution in [0.15, 0.2) is 30.5 Å². The molecular weight excluding hydrogens is 243 g/mol. The third-order valence-electron chi connectivity index (χ3n) is 2.35. The van der Waals surface area contributed by atoms with Gasteiger partial charge in [0.05, 0.1) is 22.7 Å². The number of aryl methyl sites for hydroxylation is 1. The quantitative estimate of drug-likeness (QED) is 0.787. The molecule has 0 aliphatic heterocycles. The summed E-state index contributed by atoms with van der Waals surface area (Å²) in [6, 6.07) is 5.90. The SMILES string of the molecule is Cn1ccc(CC(=O)c2c(F)cccc2Cl)n1. The molecule has 5 heteroatoms. The number of halogens is 2. The predicted octanol–water partition coefficient (Wildman–Crippen LogP) is 2.64. The Morgan fingerprint density at radius 3 is 2.82 bits per heavy atom. The van der Waals surface area contributed by atoms with Gasteiger partial charge in [0.25, 0.3) is 0 Å². The standard InChI is InChI=1S/C12H10ClFN2O/c1-16-6-5-8(15-16)7-11(17)12-9(13)3-2-4-10(12)14/h2-6H,7H2,1H3. The molecule has 0 atom stereocenters. The molecule has 3 nitrogen and oxygen atoms in total. The van der Waals surface area contributed by atoms with Crippen LogP contribution < -0.4 is 0 Å². The van der Waals surface area contributed by atoms with Crippen molar-refractivity contribution >= 4 is 17.4 Å². The van der Waals surface area contributed by atoms with Crippen LogP contribution in [0, 0.1) is 5.82 Å². The average molecular weight is 253 g/mol. The molecule has 2 rings (SSSR count). The third kappa shape index (κ3) is 2.53. The van der Waals surface area contributed by atoms with Crippen LogP contribution in [0.25, 0.3) is 0 Å². The van der Waals surface area contributed by atoms with E-state index < -0.39 is 5.82 Å². The van der Waals surface area contributed by atoms with Gasteiger partial charge in [-0.05, 0) is 18.2 Å². The maximum absolute atomic E-state index is 13.5. The molecule has 0 aliphatic carbocycles. The van der Waals surface area contributed by atoms with Crippen molar-refractivity contribution in [3.8, 4) is 0 Å². The highest BCUT2D eigenvalue weighted by atomic mass is 35.5. The lowest BCUT2D eigenvalue weighted by Gasteiger charge is -2.03. The largest absolute Gasteiger partial charge is 0.294 e. The number of aromatic nitrogens is 2. The average Bonchev–Trinajstić information content (AvgIpc) is 2.63. The number of ketones is 1. The van der Waals surface area contributed by atoms with E-state index in [0.717, 1.165) is 0 Å². The molecule has 88 valence electrons. The van der Waals surface area contributed by atoms with Gasteiger partial charge < -0.3 is 0 Å². The van der Waals surface area contributed by atoms with Gasteiger partial charge in [0.15, 0.2) is 5.78 Å².